The van der Waals surface area contributed by atoms with E-state index < -0.39 is 13.7 Å². The van der Waals surface area contributed by atoms with Crippen molar-refractivity contribution in [3.8, 4) is 0 Å². The van der Waals surface area contributed by atoms with E-state index in [1.54, 1.807) is 6.92 Å². The van der Waals surface area contributed by atoms with Gasteiger partial charge in [-0.15, -0.1) is 0 Å². The Morgan fingerprint density at radius 1 is 0.267 bits per heavy atom. The molecule has 0 heterocycles. The molecular formula is C80H134O4P2. The molecule has 0 bridgehead atoms. The van der Waals surface area contributed by atoms with E-state index in [1.165, 1.54) is 288 Å². The van der Waals surface area contributed by atoms with Crippen LogP contribution in [0.1, 0.15) is 321 Å². The van der Waals surface area contributed by atoms with Gasteiger partial charge in [0.05, 0.1) is 0 Å². The summed E-state index contributed by atoms with van der Waals surface area (Å²) >= 11 is 0. The summed E-state index contributed by atoms with van der Waals surface area (Å²) in [5.41, 5.74) is 4.41. The molecule has 4 aromatic carbocycles. The van der Waals surface area contributed by atoms with Crippen LogP contribution in [0.15, 0.2) is 97.1 Å². The van der Waals surface area contributed by atoms with E-state index in [0.29, 0.717) is 0 Å². The minimum atomic E-state index is -3.98. The molecule has 488 valence electrons. The standard InChI is InChI=1S/C50H103O2P.C30H31O2P/c1-6-10-14-18-22-26-30-34-38-42-46-53(52-50(5)51,47-43-39-35-31-27-23-19-15-11-7-2,48-44-40-36-32-28-24-20-16-12-8-3)49-45-41-37-33-29-25-21-17-13-9-4;1-22-14-6-10-18-27(22)33(32-26(5)31,28-19-11-7-15-23(28)2,29-20-12-8-16-24(29)3)30-21-13-9-17-25(30)4/h6-49H2,1-5H3;6-21H,1-5H3. The van der Waals surface area contributed by atoms with Crippen molar-refractivity contribution in [2.75, 3.05) is 24.6 Å². The van der Waals surface area contributed by atoms with Crippen molar-refractivity contribution < 1.29 is 18.6 Å². The van der Waals surface area contributed by atoms with Crippen LogP contribution in [0.5, 0.6) is 0 Å². The molecule has 0 aromatic heterocycles. The quantitative estimate of drug-likeness (QED) is 0.0327. The number of carbonyl (C=O) groups is 2. The van der Waals surface area contributed by atoms with Crippen molar-refractivity contribution in [3.63, 3.8) is 0 Å². The van der Waals surface area contributed by atoms with Crippen LogP contribution < -0.4 is 21.2 Å². The van der Waals surface area contributed by atoms with Crippen molar-refractivity contribution in [1.82, 2.24) is 0 Å². The van der Waals surface area contributed by atoms with E-state index in [9.17, 15) is 9.59 Å². The summed E-state index contributed by atoms with van der Waals surface area (Å²) in [5.74, 6) is -0.244. The molecule has 4 nitrogen and oxygen atoms in total. The van der Waals surface area contributed by atoms with Gasteiger partial charge in [-0.25, -0.2) is 0 Å². The van der Waals surface area contributed by atoms with Gasteiger partial charge in [0, 0.05) is 0 Å². The van der Waals surface area contributed by atoms with Crippen molar-refractivity contribution in [2.24, 2.45) is 0 Å². The van der Waals surface area contributed by atoms with Crippen LogP contribution in [0, 0.1) is 27.7 Å². The van der Waals surface area contributed by atoms with E-state index >= 15 is 0 Å². The molecule has 0 saturated carbocycles. The number of rotatable bonds is 50. The molecule has 0 N–H and O–H groups in total. The van der Waals surface area contributed by atoms with Crippen molar-refractivity contribution in [3.05, 3.63) is 119 Å². The Kier molecular flexibility index (Phi) is 40.3. The van der Waals surface area contributed by atoms with Gasteiger partial charge in [-0.05, 0) is 0 Å². The summed E-state index contributed by atoms with van der Waals surface area (Å²) in [5, 5.41) is 4.27. The fraction of sp³-hybridized carbons (Fsp3) is 0.675. The average molecular weight is 1220 g/mol. The first-order chi connectivity index (χ1) is 41.8. The average Bonchev–Trinajstić information content (AvgIpc) is 0.674. The molecule has 4 rings (SSSR count). The van der Waals surface area contributed by atoms with Gasteiger partial charge in [-0.1, -0.05) is 0 Å². The molecule has 0 saturated heterocycles. The van der Waals surface area contributed by atoms with E-state index in [-0.39, 0.29) is 11.9 Å². The fourth-order valence-corrected chi connectivity index (χ4v) is 28.1. The van der Waals surface area contributed by atoms with E-state index in [1.807, 2.05) is 24.3 Å². The second-order valence-corrected chi connectivity index (χ2v) is 36.7. The van der Waals surface area contributed by atoms with Crippen LogP contribution in [-0.2, 0) is 18.6 Å². The summed E-state index contributed by atoms with van der Waals surface area (Å²) in [6, 6.07) is 33.5. The van der Waals surface area contributed by atoms with Gasteiger partial charge in [-0.2, -0.15) is 0 Å². The summed E-state index contributed by atoms with van der Waals surface area (Å²) in [6.07, 6.45) is 60.1. The maximum atomic E-state index is 13.2. The van der Waals surface area contributed by atoms with Crippen LogP contribution >= 0.6 is 13.7 Å². The molecule has 0 aliphatic rings. The van der Waals surface area contributed by atoms with Crippen molar-refractivity contribution in [1.29, 1.82) is 0 Å². The minimum absolute atomic E-state index is 0.0426. The Morgan fingerprint density at radius 2 is 0.442 bits per heavy atom. The van der Waals surface area contributed by atoms with Crippen molar-refractivity contribution >= 4 is 46.8 Å². The number of carbonyl (C=O) groups excluding carboxylic acids is 2. The number of hydrogen-bond acceptors (Lipinski definition) is 4. The summed E-state index contributed by atoms with van der Waals surface area (Å²) in [7, 11) is 0. The first kappa shape index (κ1) is 76.9. The second kappa shape index (κ2) is 45.0. The first-order valence-electron chi connectivity index (χ1n) is 36.5. The SMILES string of the molecule is CC(=O)OP(c1ccccc1C)(c1ccccc1C)(c1ccccc1C)c1ccccc1C.CCCCCCCCCCCCP(CCCCCCCCCCCC)(CCCCCCCCCCCC)(CCCCCCCCCCCC)OC(C)=O. The van der Waals surface area contributed by atoms with E-state index in [2.05, 4.69) is 128 Å². The van der Waals surface area contributed by atoms with Gasteiger partial charge in [0.15, 0.2) is 0 Å². The third-order valence-electron chi connectivity index (χ3n) is 19.3. The predicted molar refractivity (Wildman–Crippen MR) is 387 cm³/mol. The van der Waals surface area contributed by atoms with Gasteiger partial charge in [0.25, 0.3) is 0 Å². The molecule has 0 atom stereocenters. The van der Waals surface area contributed by atoms with Gasteiger partial charge >= 0.3 is 535 Å². The van der Waals surface area contributed by atoms with Gasteiger partial charge in [0.1, 0.15) is 0 Å². The Bertz CT molecular complexity index is 2090. The predicted octanol–water partition coefficient (Wildman–Crippen LogP) is 24.3. The molecule has 0 spiro atoms. The molecule has 0 radical (unpaired) electrons. The van der Waals surface area contributed by atoms with Crippen LogP contribution in [0.4, 0.5) is 0 Å². The van der Waals surface area contributed by atoms with Crippen LogP contribution in [0.2, 0.25) is 0 Å². The third kappa shape index (κ3) is 25.9. The zero-order valence-electron chi connectivity index (χ0n) is 57.9. The summed E-state index contributed by atoms with van der Waals surface area (Å²) in [6.45, 7) is 14.4. The normalized spacial score (nSPS) is 12.6. The molecule has 4 aromatic rings. The number of aryl methyl sites for hydroxylation is 4. The Morgan fingerprint density at radius 3 is 0.616 bits per heavy atom. The summed E-state index contributed by atoms with van der Waals surface area (Å²) < 4.78 is 14.0. The molecular weight excluding hydrogens is 1090 g/mol. The molecule has 0 fully saturated rings. The maximum absolute atomic E-state index is 13.2. The first-order valence-corrected chi connectivity index (χ1v) is 41.5. The van der Waals surface area contributed by atoms with Crippen LogP contribution in [0.25, 0.3) is 0 Å². The number of benzene rings is 4. The Hall–Kier alpha value is -3.32. The molecule has 0 aliphatic heterocycles. The van der Waals surface area contributed by atoms with Crippen molar-refractivity contribution in [2.45, 2.75) is 326 Å². The fourth-order valence-electron chi connectivity index (χ4n) is 14.6. The molecule has 0 unspecified atom stereocenters. The van der Waals surface area contributed by atoms with Gasteiger partial charge < -0.3 is 0 Å². The van der Waals surface area contributed by atoms with Crippen LogP contribution in [0.3, 0.4) is 0 Å². The van der Waals surface area contributed by atoms with Gasteiger partial charge in [0.2, 0.25) is 0 Å². The zero-order valence-corrected chi connectivity index (χ0v) is 59.7. The number of unbranched alkanes of at least 4 members (excludes halogenated alkanes) is 36. The molecule has 86 heavy (non-hydrogen) atoms. The van der Waals surface area contributed by atoms with E-state index in [0.717, 1.165) is 43.5 Å². The number of hydrogen-bond donors (Lipinski definition) is 0. The topological polar surface area (TPSA) is 52.6 Å². The molecule has 0 aliphatic carbocycles. The van der Waals surface area contributed by atoms with Gasteiger partial charge in [-0.3, -0.25) is 0 Å². The van der Waals surface area contributed by atoms with E-state index in [4.69, 9.17) is 9.05 Å². The Balaban J connectivity index is 0.000000496. The zero-order chi connectivity index (χ0) is 62.5. The molecule has 0 amide bonds. The second-order valence-electron chi connectivity index (χ2n) is 26.8. The molecule has 6 heteroatoms. The van der Waals surface area contributed by atoms with Crippen LogP contribution in [-0.4, -0.2) is 36.6 Å². The monoisotopic (exact) mass is 1220 g/mol. The summed E-state index contributed by atoms with van der Waals surface area (Å²) in [4.78, 5) is 26.4. The third-order valence-corrected chi connectivity index (χ3v) is 32.2. The Labute approximate surface area is 532 Å².